The first-order valence-electron chi connectivity index (χ1n) is 21.3. The molecule has 0 saturated carbocycles. The molecule has 266 valence electrons. The quantitative estimate of drug-likeness (QED) is 0.0628. The minimum atomic E-state index is 1.14. The van der Waals surface area contributed by atoms with Gasteiger partial charge in [-0.3, -0.25) is 0 Å². The summed E-state index contributed by atoms with van der Waals surface area (Å²) < 4.78 is 0. The summed E-state index contributed by atoms with van der Waals surface area (Å²) in [7, 11) is 0. The Morgan fingerprint density at radius 1 is 0.267 bits per heavy atom. The Hall–Kier alpha value is -0.660. The molecule has 0 saturated heterocycles. The van der Waals surface area contributed by atoms with E-state index in [9.17, 15) is 0 Å². The van der Waals surface area contributed by atoms with Crippen LogP contribution in [0.4, 0.5) is 0 Å². The van der Waals surface area contributed by atoms with Crippen LogP contribution in [0.1, 0.15) is 245 Å². The second-order valence-corrected chi connectivity index (χ2v) is 14.8. The van der Waals surface area contributed by atoms with Crippen molar-refractivity contribution in [1.82, 2.24) is 9.80 Å². The highest BCUT2D eigenvalue weighted by molar-refractivity contribution is 4.96. The van der Waals surface area contributed by atoms with Crippen molar-refractivity contribution >= 4 is 0 Å². The first-order chi connectivity index (χ1) is 22.4. The predicted octanol–water partition coefficient (Wildman–Crippen LogP) is 15.2. The maximum Gasteiger partial charge on any atom is 0.207 e. The van der Waals surface area contributed by atoms with E-state index in [0.29, 0.717) is 0 Å². The molecule has 2 nitrogen and oxygen atoms in total. The number of hydrogen-bond acceptors (Lipinski definition) is 2. The van der Waals surface area contributed by atoms with Crippen molar-refractivity contribution in [1.29, 1.82) is 0 Å². The van der Waals surface area contributed by atoms with Crippen LogP contribution in [0, 0.1) is 6.67 Å². The zero-order chi connectivity index (χ0) is 32.1. The van der Waals surface area contributed by atoms with E-state index < -0.39 is 0 Å². The summed E-state index contributed by atoms with van der Waals surface area (Å²) in [6.45, 7) is 10.5. The smallest absolute Gasteiger partial charge is 0.207 e. The third kappa shape index (κ3) is 31.7. The molecule has 0 bridgehead atoms. The molecule has 1 aliphatic heterocycles. The molecule has 0 aromatic heterocycles. The first-order valence-corrected chi connectivity index (χ1v) is 21.3. The lowest BCUT2D eigenvalue weighted by molar-refractivity contribution is 0.330. The Bertz CT molecular complexity index is 524. The van der Waals surface area contributed by atoms with E-state index in [-0.39, 0.29) is 0 Å². The van der Waals surface area contributed by atoms with Gasteiger partial charge in [0.15, 0.2) is 0 Å². The van der Waals surface area contributed by atoms with Gasteiger partial charge in [0.1, 0.15) is 0 Å². The molecule has 0 aromatic rings. The molecule has 0 spiro atoms. The maximum absolute atomic E-state index is 3.56. The van der Waals surface area contributed by atoms with Crippen molar-refractivity contribution in [2.45, 2.75) is 245 Å². The fraction of sp³-hybridized carbons (Fsp3) is 0.930. The highest BCUT2D eigenvalue weighted by Gasteiger charge is 2.13. The molecule has 0 aromatic carbocycles. The van der Waals surface area contributed by atoms with Crippen LogP contribution in [0.2, 0.25) is 0 Å². The van der Waals surface area contributed by atoms with E-state index in [1.807, 2.05) is 0 Å². The average Bonchev–Trinajstić information content (AvgIpc) is 3.51. The van der Waals surface area contributed by atoms with Crippen molar-refractivity contribution in [3.8, 4) is 0 Å². The Kier molecular flexibility index (Phi) is 34.1. The Balaban J connectivity index is 1.72. The van der Waals surface area contributed by atoms with Crippen LogP contribution in [-0.4, -0.2) is 22.9 Å². The zero-order valence-corrected chi connectivity index (χ0v) is 31.4. The van der Waals surface area contributed by atoms with Crippen LogP contribution in [0.3, 0.4) is 0 Å². The van der Waals surface area contributed by atoms with Crippen LogP contribution in [0.15, 0.2) is 12.4 Å². The van der Waals surface area contributed by atoms with E-state index in [4.69, 9.17) is 0 Å². The predicted molar refractivity (Wildman–Crippen MR) is 203 cm³/mol. The summed E-state index contributed by atoms with van der Waals surface area (Å²) in [5, 5.41) is 0. The molecule has 1 rings (SSSR count). The summed E-state index contributed by atoms with van der Waals surface area (Å²) in [6, 6.07) is 0. The van der Waals surface area contributed by atoms with E-state index in [2.05, 4.69) is 42.7 Å². The lowest BCUT2D eigenvalue weighted by Crippen LogP contribution is -2.21. The summed E-state index contributed by atoms with van der Waals surface area (Å²) in [6.07, 6.45) is 56.5. The third-order valence-corrected chi connectivity index (χ3v) is 10.2. The van der Waals surface area contributed by atoms with Gasteiger partial charge in [0.05, 0.1) is 0 Å². The van der Waals surface area contributed by atoms with Gasteiger partial charge in [-0.2, -0.15) is 0 Å². The van der Waals surface area contributed by atoms with Crippen LogP contribution in [0.5, 0.6) is 0 Å². The van der Waals surface area contributed by atoms with Crippen LogP contribution in [0.25, 0.3) is 0 Å². The molecule has 0 atom stereocenters. The molecule has 2 heteroatoms. The monoisotopic (exact) mass is 629 g/mol. The molecule has 0 aliphatic carbocycles. The highest BCUT2D eigenvalue weighted by Crippen LogP contribution is 2.18. The molecule has 1 heterocycles. The minimum Gasteiger partial charge on any atom is -0.346 e. The highest BCUT2D eigenvalue weighted by atomic mass is 15.3. The van der Waals surface area contributed by atoms with Gasteiger partial charge in [0.25, 0.3) is 0 Å². The van der Waals surface area contributed by atoms with Gasteiger partial charge < -0.3 is 9.80 Å². The Labute approximate surface area is 286 Å². The number of unbranched alkanes of at least 4 members (excludes halogenated alkanes) is 34. The van der Waals surface area contributed by atoms with Gasteiger partial charge in [0, 0.05) is 25.5 Å². The van der Waals surface area contributed by atoms with Crippen LogP contribution >= 0.6 is 0 Å². The second kappa shape index (κ2) is 36.2. The summed E-state index contributed by atoms with van der Waals surface area (Å²) in [5.41, 5.74) is 0. The van der Waals surface area contributed by atoms with Crippen molar-refractivity contribution in [3.63, 3.8) is 0 Å². The lowest BCUT2D eigenvalue weighted by atomic mass is 10.0. The zero-order valence-electron chi connectivity index (χ0n) is 31.4. The number of hydrogen-bond donors (Lipinski definition) is 0. The summed E-state index contributed by atoms with van der Waals surface area (Å²) >= 11 is 0. The minimum absolute atomic E-state index is 1.14. The van der Waals surface area contributed by atoms with Gasteiger partial charge in [0.2, 0.25) is 6.67 Å². The van der Waals surface area contributed by atoms with Gasteiger partial charge >= 0.3 is 0 Å². The maximum atomic E-state index is 3.56. The van der Waals surface area contributed by atoms with E-state index in [1.54, 1.807) is 0 Å². The number of rotatable bonds is 38. The van der Waals surface area contributed by atoms with Gasteiger partial charge in [-0.25, -0.2) is 0 Å². The lowest BCUT2D eigenvalue weighted by Gasteiger charge is -2.18. The SMILES string of the molecule is CCCCCCCCCCCCCCCCCCCCN1[C]N(CCCCCCCCCCCCCCCCCCCC)C=C1. The molecule has 45 heavy (non-hydrogen) atoms. The fourth-order valence-electron chi connectivity index (χ4n) is 7.01. The fourth-order valence-corrected chi connectivity index (χ4v) is 7.01. The first kappa shape index (κ1) is 42.4. The van der Waals surface area contributed by atoms with Crippen LogP contribution in [-0.2, 0) is 0 Å². The molecule has 1 aliphatic rings. The molecule has 0 N–H and O–H groups in total. The number of nitrogens with zero attached hydrogens (tertiary/aromatic N) is 2. The Morgan fingerprint density at radius 3 is 0.644 bits per heavy atom. The Morgan fingerprint density at radius 2 is 0.444 bits per heavy atom. The van der Waals surface area contributed by atoms with Crippen molar-refractivity contribution < 1.29 is 0 Å². The standard InChI is InChI=1S/C43H84N2/c1-3-5-7-9-11-13-15-17-19-21-23-25-27-29-31-33-35-37-39-44-41-42-45(43-44)40-38-36-34-32-30-28-26-24-22-20-18-16-14-12-10-8-6-4-2/h41-42H,3-40H2,1-2H3. The molecular weight excluding hydrogens is 544 g/mol. The topological polar surface area (TPSA) is 6.48 Å². The van der Waals surface area contributed by atoms with Crippen molar-refractivity contribution in [2.75, 3.05) is 13.1 Å². The normalized spacial score (nSPS) is 13.1. The van der Waals surface area contributed by atoms with E-state index in [0.717, 1.165) is 13.1 Å². The van der Waals surface area contributed by atoms with Gasteiger partial charge in [-0.1, -0.05) is 232 Å². The van der Waals surface area contributed by atoms with Gasteiger partial charge in [-0.15, -0.1) is 0 Å². The largest absolute Gasteiger partial charge is 0.346 e. The van der Waals surface area contributed by atoms with Gasteiger partial charge in [-0.05, 0) is 12.8 Å². The van der Waals surface area contributed by atoms with E-state index in [1.165, 1.54) is 231 Å². The molecule has 0 fully saturated rings. The molecular formula is C43H84N2. The average molecular weight is 629 g/mol. The summed E-state index contributed by atoms with van der Waals surface area (Å²) in [5.74, 6) is 0. The second-order valence-electron chi connectivity index (χ2n) is 14.8. The van der Waals surface area contributed by atoms with E-state index >= 15 is 0 Å². The molecule has 2 radical (unpaired) electrons. The van der Waals surface area contributed by atoms with Crippen LogP contribution < -0.4 is 0 Å². The molecule has 0 amide bonds. The third-order valence-electron chi connectivity index (χ3n) is 10.2. The van der Waals surface area contributed by atoms with Crippen molar-refractivity contribution in [2.24, 2.45) is 0 Å². The van der Waals surface area contributed by atoms with Crippen molar-refractivity contribution in [3.05, 3.63) is 19.1 Å². The summed E-state index contributed by atoms with van der Waals surface area (Å²) in [4.78, 5) is 4.59. The molecule has 0 unspecified atom stereocenters.